The maximum atomic E-state index is 11.7. The van der Waals surface area contributed by atoms with Crippen molar-refractivity contribution in [3.05, 3.63) is 63.0 Å². The molecule has 8 nitrogen and oxygen atoms in total. The number of carboxylic acid groups (broad SMARTS) is 1. The van der Waals surface area contributed by atoms with Gasteiger partial charge in [-0.2, -0.15) is 5.26 Å². The van der Waals surface area contributed by atoms with Crippen molar-refractivity contribution in [1.29, 1.82) is 5.26 Å². The Morgan fingerprint density at radius 2 is 1.97 bits per heavy atom. The molecule has 146 valence electrons. The van der Waals surface area contributed by atoms with Gasteiger partial charge in [-0.25, -0.2) is 9.78 Å². The summed E-state index contributed by atoms with van der Waals surface area (Å²) in [4.78, 5) is 26.4. The Morgan fingerprint density at radius 3 is 2.55 bits per heavy atom. The molecule has 0 bridgehead atoms. The Kier molecular flexibility index (Phi) is 5.85. The van der Waals surface area contributed by atoms with Crippen LogP contribution in [0.1, 0.15) is 28.6 Å². The van der Waals surface area contributed by atoms with Gasteiger partial charge in [-0.1, -0.05) is 6.92 Å². The second-order valence-electron chi connectivity index (χ2n) is 5.98. The predicted octanol–water partition coefficient (Wildman–Crippen LogP) is 4.74. The summed E-state index contributed by atoms with van der Waals surface area (Å²) in [6.45, 7) is 2.45. The summed E-state index contributed by atoms with van der Waals surface area (Å²) in [5.74, 6) is -0.686. The highest BCUT2D eigenvalue weighted by Crippen LogP contribution is 2.36. The highest BCUT2D eigenvalue weighted by molar-refractivity contribution is 7.17. The number of hydrogen-bond acceptors (Lipinski definition) is 7. The molecule has 9 heteroatoms. The lowest BCUT2D eigenvalue weighted by Crippen LogP contribution is -1.97. The molecule has 0 fully saturated rings. The quantitative estimate of drug-likeness (QED) is 0.441. The largest absolute Gasteiger partial charge is 0.492 e. The van der Waals surface area contributed by atoms with E-state index in [1.807, 2.05) is 6.92 Å². The Morgan fingerprint density at radius 1 is 1.28 bits per heavy atom. The molecular formula is C20H15N3O5S. The average molecular weight is 409 g/mol. The Hall–Kier alpha value is -3.77. The number of nitro benzene ring substituents is 1. The van der Waals surface area contributed by atoms with Crippen molar-refractivity contribution in [2.45, 2.75) is 13.3 Å². The number of thiazole rings is 1. The van der Waals surface area contributed by atoms with Crippen LogP contribution in [-0.4, -0.2) is 27.6 Å². The van der Waals surface area contributed by atoms with E-state index in [9.17, 15) is 25.3 Å². The number of rotatable bonds is 7. The van der Waals surface area contributed by atoms with E-state index in [1.54, 1.807) is 18.2 Å². The van der Waals surface area contributed by atoms with Crippen LogP contribution in [-0.2, 0) is 0 Å². The fourth-order valence-electron chi connectivity index (χ4n) is 2.61. The van der Waals surface area contributed by atoms with E-state index in [1.165, 1.54) is 24.3 Å². The monoisotopic (exact) mass is 409 g/mol. The fraction of sp³-hybridized carbons (Fsp3) is 0.150. The van der Waals surface area contributed by atoms with Crippen molar-refractivity contribution < 1.29 is 19.6 Å². The zero-order valence-corrected chi connectivity index (χ0v) is 16.1. The number of aromatic carboxylic acids is 1. The van der Waals surface area contributed by atoms with Crippen molar-refractivity contribution in [2.24, 2.45) is 0 Å². The zero-order chi connectivity index (χ0) is 21.0. The second kappa shape index (κ2) is 8.50. The molecule has 3 aromatic rings. The number of carbonyl (C=O) groups is 1. The summed E-state index contributed by atoms with van der Waals surface area (Å²) in [7, 11) is 0. The van der Waals surface area contributed by atoms with E-state index in [-0.39, 0.29) is 16.3 Å². The smallest absolute Gasteiger partial charge is 0.348 e. The van der Waals surface area contributed by atoms with Crippen LogP contribution in [0.25, 0.3) is 21.8 Å². The Bertz CT molecular complexity index is 1120. The number of ether oxygens (including phenoxy) is 1. The first-order chi connectivity index (χ1) is 13.9. The molecule has 1 heterocycles. The number of carboxylic acids is 1. The molecule has 0 saturated heterocycles. The van der Waals surface area contributed by atoms with E-state index in [0.29, 0.717) is 34.1 Å². The van der Waals surface area contributed by atoms with Gasteiger partial charge in [-0.3, -0.25) is 10.1 Å². The molecule has 2 aromatic carbocycles. The number of nitrogens with zero attached hydrogens (tertiary/aromatic N) is 3. The molecule has 0 unspecified atom stereocenters. The number of hydrogen-bond donors (Lipinski definition) is 1. The van der Waals surface area contributed by atoms with Gasteiger partial charge in [0.15, 0.2) is 0 Å². The van der Waals surface area contributed by atoms with Crippen molar-refractivity contribution in [3.8, 4) is 33.6 Å². The standard InChI is InChI=1S/C20H15N3O5S/c1-2-9-28-16-8-5-13(10-14(16)11-21)19-22-17(18(29-19)20(24)25)12-3-6-15(7-4-12)23(26)27/h3-8,10H,2,9H2,1H3,(H,24,25). The number of non-ortho nitro benzene ring substituents is 1. The first-order valence-corrected chi connectivity index (χ1v) is 9.42. The summed E-state index contributed by atoms with van der Waals surface area (Å²) in [5, 5.41) is 30.2. The minimum Gasteiger partial charge on any atom is -0.492 e. The summed E-state index contributed by atoms with van der Waals surface area (Å²) in [5.41, 5.74) is 1.50. The van der Waals surface area contributed by atoms with Gasteiger partial charge in [-0.15, -0.1) is 11.3 Å². The summed E-state index contributed by atoms with van der Waals surface area (Å²) in [6, 6.07) is 12.6. The molecule has 1 aromatic heterocycles. The maximum absolute atomic E-state index is 11.7. The van der Waals surface area contributed by atoms with Gasteiger partial charge in [0.05, 0.1) is 22.8 Å². The molecule has 29 heavy (non-hydrogen) atoms. The second-order valence-corrected chi connectivity index (χ2v) is 6.98. The van der Waals surface area contributed by atoms with Gasteiger partial charge in [0.25, 0.3) is 5.69 Å². The van der Waals surface area contributed by atoms with Crippen molar-refractivity contribution in [1.82, 2.24) is 4.98 Å². The number of benzene rings is 2. The number of nitro groups is 1. The van der Waals surface area contributed by atoms with E-state index in [0.717, 1.165) is 17.8 Å². The molecule has 0 aliphatic rings. The molecule has 0 aliphatic heterocycles. The first kappa shape index (κ1) is 20.0. The van der Waals surface area contributed by atoms with Crippen LogP contribution in [0.3, 0.4) is 0 Å². The number of aromatic nitrogens is 1. The van der Waals surface area contributed by atoms with Crippen LogP contribution in [0.15, 0.2) is 42.5 Å². The van der Waals surface area contributed by atoms with Crippen molar-refractivity contribution in [2.75, 3.05) is 6.61 Å². The first-order valence-electron chi connectivity index (χ1n) is 8.60. The van der Waals surface area contributed by atoms with Crippen LogP contribution in [0.2, 0.25) is 0 Å². The van der Waals surface area contributed by atoms with Crippen LogP contribution in [0.4, 0.5) is 5.69 Å². The van der Waals surface area contributed by atoms with Gasteiger partial charge in [-0.05, 0) is 36.8 Å². The third-order valence-corrected chi connectivity index (χ3v) is 5.07. The van der Waals surface area contributed by atoms with Crippen LogP contribution in [0.5, 0.6) is 5.75 Å². The summed E-state index contributed by atoms with van der Waals surface area (Å²) >= 11 is 0.974. The molecule has 0 atom stereocenters. The van der Waals surface area contributed by atoms with E-state index < -0.39 is 10.9 Å². The average Bonchev–Trinajstić information content (AvgIpc) is 3.18. The SMILES string of the molecule is CCCOc1ccc(-c2nc(-c3ccc([N+](=O)[O-])cc3)c(C(=O)O)s2)cc1C#N. The summed E-state index contributed by atoms with van der Waals surface area (Å²) < 4.78 is 5.55. The molecule has 0 radical (unpaired) electrons. The molecule has 0 saturated carbocycles. The molecule has 1 N–H and O–H groups in total. The van der Waals surface area contributed by atoms with Crippen molar-refractivity contribution >= 4 is 23.0 Å². The minimum absolute atomic E-state index is 0.0127. The predicted molar refractivity (Wildman–Crippen MR) is 107 cm³/mol. The molecule has 0 amide bonds. The van der Waals surface area contributed by atoms with Gasteiger partial charge < -0.3 is 9.84 Å². The van der Waals surface area contributed by atoms with E-state index in [4.69, 9.17) is 4.74 Å². The van der Waals surface area contributed by atoms with Gasteiger partial charge in [0.1, 0.15) is 21.7 Å². The summed E-state index contributed by atoms with van der Waals surface area (Å²) in [6.07, 6.45) is 0.805. The highest BCUT2D eigenvalue weighted by Gasteiger charge is 2.21. The molecule has 0 spiro atoms. The number of nitriles is 1. The third kappa shape index (κ3) is 4.23. The minimum atomic E-state index is -1.15. The Labute approximate surface area is 169 Å². The van der Waals surface area contributed by atoms with Gasteiger partial charge >= 0.3 is 5.97 Å². The maximum Gasteiger partial charge on any atom is 0.348 e. The van der Waals surface area contributed by atoms with Crippen LogP contribution in [0, 0.1) is 21.4 Å². The lowest BCUT2D eigenvalue weighted by molar-refractivity contribution is -0.384. The van der Waals surface area contributed by atoms with Gasteiger partial charge in [0, 0.05) is 23.3 Å². The topological polar surface area (TPSA) is 126 Å². The van der Waals surface area contributed by atoms with Crippen LogP contribution < -0.4 is 4.74 Å². The third-order valence-electron chi connectivity index (χ3n) is 3.98. The zero-order valence-electron chi connectivity index (χ0n) is 15.3. The lowest BCUT2D eigenvalue weighted by Gasteiger charge is -2.07. The van der Waals surface area contributed by atoms with E-state index in [2.05, 4.69) is 11.1 Å². The van der Waals surface area contributed by atoms with E-state index >= 15 is 0 Å². The lowest BCUT2D eigenvalue weighted by atomic mass is 10.1. The molecule has 3 rings (SSSR count). The molecular weight excluding hydrogens is 394 g/mol. The fourth-order valence-corrected chi connectivity index (χ4v) is 3.54. The Balaban J connectivity index is 2.04. The normalized spacial score (nSPS) is 10.3. The molecule has 0 aliphatic carbocycles. The van der Waals surface area contributed by atoms with Gasteiger partial charge in [0.2, 0.25) is 0 Å². The highest BCUT2D eigenvalue weighted by atomic mass is 32.1. The van der Waals surface area contributed by atoms with Crippen LogP contribution >= 0.6 is 11.3 Å². The van der Waals surface area contributed by atoms with Crippen molar-refractivity contribution in [3.63, 3.8) is 0 Å².